The number of aliphatic hydroxyl groups is 1. The van der Waals surface area contributed by atoms with Crippen molar-refractivity contribution in [1.82, 2.24) is 15.3 Å². The topological polar surface area (TPSA) is 75.1 Å². The fourth-order valence-corrected chi connectivity index (χ4v) is 1.12. The van der Waals surface area contributed by atoms with Crippen LogP contribution in [0.5, 0.6) is 0 Å². The van der Waals surface area contributed by atoms with Crippen LogP contribution in [0.2, 0.25) is 0 Å². The first kappa shape index (κ1) is 11.6. The van der Waals surface area contributed by atoms with Crippen molar-refractivity contribution in [3.63, 3.8) is 0 Å². The minimum atomic E-state index is -1.16. The zero-order valence-corrected chi connectivity index (χ0v) is 8.90. The summed E-state index contributed by atoms with van der Waals surface area (Å²) in [6.45, 7) is 3.05. The summed E-state index contributed by atoms with van der Waals surface area (Å²) in [6.07, 6.45) is 5.68. The minimum Gasteiger partial charge on any atom is -0.372 e. The quantitative estimate of drug-likeness (QED) is 0.697. The van der Waals surface area contributed by atoms with E-state index < -0.39 is 5.72 Å². The number of hydrogen-bond acceptors (Lipinski definition) is 4. The van der Waals surface area contributed by atoms with E-state index in [9.17, 15) is 9.90 Å². The number of carbonyl (C=O) groups excluding carboxylic acids is 1. The van der Waals surface area contributed by atoms with E-state index in [2.05, 4.69) is 15.3 Å². The van der Waals surface area contributed by atoms with Crippen molar-refractivity contribution >= 4 is 5.91 Å². The Labute approximate surface area is 88.6 Å². The molecule has 0 aliphatic heterocycles. The van der Waals surface area contributed by atoms with Crippen LogP contribution in [-0.2, 0) is 11.2 Å². The molecule has 0 spiro atoms. The van der Waals surface area contributed by atoms with Crippen molar-refractivity contribution in [1.29, 1.82) is 0 Å². The van der Waals surface area contributed by atoms with Gasteiger partial charge in [0.25, 0.3) is 0 Å². The molecule has 5 heteroatoms. The summed E-state index contributed by atoms with van der Waals surface area (Å²) in [4.78, 5) is 19.0. The number of hydrogen-bond donors (Lipinski definition) is 2. The third-order valence-electron chi connectivity index (χ3n) is 1.70. The normalized spacial score (nSPS) is 11.1. The Kier molecular flexibility index (Phi) is 3.74. The van der Waals surface area contributed by atoms with Gasteiger partial charge >= 0.3 is 0 Å². The molecule has 0 radical (unpaired) electrons. The van der Waals surface area contributed by atoms with Crippen LogP contribution in [-0.4, -0.2) is 26.7 Å². The Morgan fingerprint density at radius 3 is 2.60 bits per heavy atom. The van der Waals surface area contributed by atoms with Crippen molar-refractivity contribution in [3.8, 4) is 0 Å². The van der Waals surface area contributed by atoms with E-state index in [0.717, 1.165) is 5.56 Å². The van der Waals surface area contributed by atoms with Gasteiger partial charge in [-0.15, -0.1) is 0 Å². The lowest BCUT2D eigenvalue weighted by Crippen LogP contribution is -2.43. The summed E-state index contributed by atoms with van der Waals surface area (Å²) in [5, 5.41) is 11.8. The fourth-order valence-electron chi connectivity index (χ4n) is 1.12. The monoisotopic (exact) mass is 209 g/mol. The molecule has 0 atom stereocenters. The average Bonchev–Trinajstić information content (AvgIpc) is 2.14. The molecule has 0 fully saturated rings. The molecule has 0 aliphatic carbocycles. The highest BCUT2D eigenvalue weighted by Crippen LogP contribution is 2.00. The van der Waals surface area contributed by atoms with Crippen LogP contribution in [0.15, 0.2) is 18.7 Å². The van der Waals surface area contributed by atoms with Crippen LogP contribution >= 0.6 is 0 Å². The molecule has 0 saturated heterocycles. The third kappa shape index (κ3) is 5.07. The van der Waals surface area contributed by atoms with E-state index in [-0.39, 0.29) is 5.91 Å². The number of carbonyl (C=O) groups is 1. The first-order valence-corrected chi connectivity index (χ1v) is 4.74. The van der Waals surface area contributed by atoms with E-state index in [1.165, 1.54) is 20.2 Å². The maximum atomic E-state index is 11.3. The zero-order valence-electron chi connectivity index (χ0n) is 8.90. The Morgan fingerprint density at radius 2 is 2.07 bits per heavy atom. The predicted molar refractivity (Wildman–Crippen MR) is 54.8 cm³/mol. The lowest BCUT2D eigenvalue weighted by Gasteiger charge is -2.18. The molecule has 1 aromatic heterocycles. The van der Waals surface area contributed by atoms with Crippen LogP contribution in [0, 0.1) is 0 Å². The zero-order chi connectivity index (χ0) is 11.3. The molecule has 2 N–H and O–H groups in total. The van der Waals surface area contributed by atoms with Crippen LogP contribution in [0.4, 0.5) is 0 Å². The molecule has 5 nitrogen and oxygen atoms in total. The molecule has 1 rings (SSSR count). The molecule has 0 aromatic carbocycles. The van der Waals surface area contributed by atoms with Gasteiger partial charge in [-0.3, -0.25) is 4.79 Å². The van der Waals surface area contributed by atoms with Gasteiger partial charge in [0, 0.05) is 18.8 Å². The second-order valence-corrected chi connectivity index (χ2v) is 3.85. The first-order valence-electron chi connectivity index (χ1n) is 4.74. The van der Waals surface area contributed by atoms with Crippen molar-refractivity contribution < 1.29 is 9.90 Å². The lowest BCUT2D eigenvalue weighted by molar-refractivity contribution is -0.126. The molecular formula is C10H15N3O2. The molecule has 1 aromatic rings. The molecule has 0 aliphatic rings. The molecule has 1 amide bonds. The van der Waals surface area contributed by atoms with E-state index in [4.69, 9.17) is 0 Å². The third-order valence-corrected chi connectivity index (χ3v) is 1.70. The lowest BCUT2D eigenvalue weighted by atomic mass is 10.2. The second kappa shape index (κ2) is 4.84. The molecule has 1 heterocycles. The van der Waals surface area contributed by atoms with Gasteiger partial charge in [-0.1, -0.05) is 0 Å². The number of nitrogens with one attached hydrogen (secondary N) is 1. The Bertz CT molecular complexity index is 319. The van der Waals surface area contributed by atoms with Crippen molar-refractivity contribution in [2.75, 3.05) is 0 Å². The number of amides is 1. The van der Waals surface area contributed by atoms with Gasteiger partial charge in [0.15, 0.2) is 0 Å². The first-order chi connectivity index (χ1) is 6.97. The predicted octanol–water partition coefficient (Wildman–Crippen LogP) is 0.254. The standard InChI is InChI=1S/C10H15N3O2/c1-10(2,15)13-9(14)4-3-8-5-11-7-12-6-8/h5-7,15H,3-4H2,1-2H3,(H,13,14). The van der Waals surface area contributed by atoms with Gasteiger partial charge < -0.3 is 10.4 Å². The Hall–Kier alpha value is -1.49. The maximum absolute atomic E-state index is 11.3. The van der Waals surface area contributed by atoms with Gasteiger partial charge in [0.2, 0.25) is 5.91 Å². The molecule has 0 unspecified atom stereocenters. The van der Waals surface area contributed by atoms with Crippen LogP contribution in [0.1, 0.15) is 25.8 Å². The van der Waals surface area contributed by atoms with Crippen molar-refractivity contribution in [3.05, 3.63) is 24.3 Å². The summed E-state index contributed by atoms with van der Waals surface area (Å²) in [5.74, 6) is -0.189. The molecule has 82 valence electrons. The maximum Gasteiger partial charge on any atom is 0.222 e. The number of nitrogens with zero attached hydrogens (tertiary/aromatic N) is 2. The minimum absolute atomic E-state index is 0.189. The summed E-state index contributed by atoms with van der Waals surface area (Å²) < 4.78 is 0. The van der Waals surface area contributed by atoms with Gasteiger partial charge in [-0.2, -0.15) is 0 Å². The Balaban J connectivity index is 2.35. The number of aromatic nitrogens is 2. The highest BCUT2D eigenvalue weighted by Gasteiger charge is 2.15. The van der Waals surface area contributed by atoms with E-state index >= 15 is 0 Å². The van der Waals surface area contributed by atoms with E-state index in [1.807, 2.05) is 0 Å². The summed E-state index contributed by atoms with van der Waals surface area (Å²) in [7, 11) is 0. The summed E-state index contributed by atoms with van der Waals surface area (Å²) >= 11 is 0. The molecule has 15 heavy (non-hydrogen) atoms. The summed E-state index contributed by atoms with van der Waals surface area (Å²) in [5.41, 5.74) is -0.257. The van der Waals surface area contributed by atoms with Gasteiger partial charge in [-0.05, 0) is 25.8 Å². The number of rotatable bonds is 4. The second-order valence-electron chi connectivity index (χ2n) is 3.85. The van der Waals surface area contributed by atoms with E-state index in [0.29, 0.717) is 12.8 Å². The van der Waals surface area contributed by atoms with E-state index in [1.54, 1.807) is 12.4 Å². The van der Waals surface area contributed by atoms with Crippen LogP contribution in [0.3, 0.4) is 0 Å². The number of aryl methyl sites for hydroxylation is 1. The van der Waals surface area contributed by atoms with Crippen molar-refractivity contribution in [2.45, 2.75) is 32.4 Å². The molecular weight excluding hydrogens is 194 g/mol. The fraction of sp³-hybridized carbons (Fsp3) is 0.500. The van der Waals surface area contributed by atoms with Gasteiger partial charge in [-0.25, -0.2) is 9.97 Å². The Morgan fingerprint density at radius 1 is 1.47 bits per heavy atom. The highest BCUT2D eigenvalue weighted by atomic mass is 16.3. The molecule has 0 saturated carbocycles. The summed E-state index contributed by atoms with van der Waals surface area (Å²) in [6, 6.07) is 0. The average molecular weight is 209 g/mol. The van der Waals surface area contributed by atoms with Gasteiger partial charge in [0.1, 0.15) is 12.1 Å². The smallest absolute Gasteiger partial charge is 0.222 e. The SMILES string of the molecule is CC(C)(O)NC(=O)CCc1cncnc1. The molecule has 0 bridgehead atoms. The van der Waals surface area contributed by atoms with Crippen LogP contribution < -0.4 is 5.32 Å². The van der Waals surface area contributed by atoms with Crippen LogP contribution in [0.25, 0.3) is 0 Å². The van der Waals surface area contributed by atoms with Crippen molar-refractivity contribution in [2.24, 2.45) is 0 Å². The van der Waals surface area contributed by atoms with Gasteiger partial charge in [0.05, 0.1) is 0 Å². The largest absolute Gasteiger partial charge is 0.372 e. The highest BCUT2D eigenvalue weighted by molar-refractivity contribution is 5.76.